The average molecular weight is 691 g/mol. The molecule has 0 aliphatic carbocycles. The molecular weight excluding hydrogens is 651 g/mol. The highest BCUT2D eigenvalue weighted by atomic mass is 32.2. The normalized spacial score (nSPS) is 12.1. The van der Waals surface area contributed by atoms with Crippen LogP contribution >= 0.6 is 0 Å². The lowest BCUT2D eigenvalue weighted by molar-refractivity contribution is -0.385. The van der Waals surface area contributed by atoms with Crippen molar-refractivity contribution in [2.24, 2.45) is 0 Å². The number of nitro groups is 1. The lowest BCUT2D eigenvalue weighted by atomic mass is 10.0. The van der Waals surface area contributed by atoms with E-state index in [-0.39, 0.29) is 24.2 Å². The van der Waals surface area contributed by atoms with Gasteiger partial charge in [0, 0.05) is 30.1 Å². The van der Waals surface area contributed by atoms with E-state index >= 15 is 0 Å². The summed E-state index contributed by atoms with van der Waals surface area (Å²) in [5.74, 6) is -1.27. The van der Waals surface area contributed by atoms with E-state index in [9.17, 15) is 32.5 Å². The molecule has 0 aliphatic heterocycles. The number of aryl methyl sites for hydroxylation is 1. The van der Waals surface area contributed by atoms with Crippen LogP contribution < -0.4 is 14.4 Å². The summed E-state index contributed by atoms with van der Waals surface area (Å²) in [6.45, 7) is 5.97. The van der Waals surface area contributed by atoms with Crippen LogP contribution in [0.1, 0.15) is 37.5 Å². The Balaban J connectivity index is 1.85. The number of sulfonamides is 1. The van der Waals surface area contributed by atoms with Gasteiger partial charge in [0.1, 0.15) is 24.2 Å². The average Bonchev–Trinajstić information content (AvgIpc) is 3.05. The zero-order chi connectivity index (χ0) is 35.9. The maximum atomic E-state index is 14.6. The van der Waals surface area contributed by atoms with Gasteiger partial charge in [0.25, 0.3) is 15.7 Å². The van der Waals surface area contributed by atoms with Gasteiger partial charge in [-0.15, -0.1) is 0 Å². The summed E-state index contributed by atoms with van der Waals surface area (Å²) in [6, 6.07) is 22.8. The van der Waals surface area contributed by atoms with Crippen LogP contribution in [0.15, 0.2) is 102 Å². The number of methoxy groups -OCH3 is 1. The molecular formula is C36H39FN4O7S. The van der Waals surface area contributed by atoms with E-state index < -0.39 is 61.3 Å². The number of carbonyl (C=O) groups excluding carboxylic acids is 2. The Morgan fingerprint density at radius 1 is 0.939 bits per heavy atom. The van der Waals surface area contributed by atoms with Gasteiger partial charge in [-0.3, -0.25) is 24.0 Å². The SMILES string of the molecule is COc1ccc(N(CC(=O)N(Cc2ccc(F)cc2)[C@H](Cc2ccccc2)C(=O)NC(C)(C)C)S(=O)(=O)c2ccc(C)c([N+](=O)[O-])c2)cc1. The first kappa shape index (κ1) is 36.5. The first-order valence-corrected chi connectivity index (χ1v) is 16.8. The van der Waals surface area contributed by atoms with Crippen molar-refractivity contribution in [3.05, 3.63) is 130 Å². The van der Waals surface area contributed by atoms with Crippen LogP contribution in [0.25, 0.3) is 0 Å². The molecule has 0 fully saturated rings. The fourth-order valence-electron chi connectivity index (χ4n) is 5.14. The molecule has 0 saturated heterocycles. The van der Waals surface area contributed by atoms with Crippen LogP contribution in [0.3, 0.4) is 0 Å². The Bertz CT molecular complexity index is 1900. The zero-order valence-electron chi connectivity index (χ0n) is 27.9. The van der Waals surface area contributed by atoms with Gasteiger partial charge in [-0.2, -0.15) is 0 Å². The number of hydrogen-bond donors (Lipinski definition) is 1. The number of hydrogen-bond acceptors (Lipinski definition) is 7. The minimum atomic E-state index is -4.60. The van der Waals surface area contributed by atoms with Crippen molar-refractivity contribution in [2.75, 3.05) is 18.0 Å². The van der Waals surface area contributed by atoms with E-state index in [1.54, 1.807) is 32.9 Å². The monoisotopic (exact) mass is 690 g/mol. The van der Waals surface area contributed by atoms with Crippen LogP contribution in [-0.2, 0) is 32.6 Å². The molecule has 49 heavy (non-hydrogen) atoms. The number of nitrogens with zero attached hydrogens (tertiary/aromatic N) is 3. The molecule has 0 bridgehead atoms. The van der Waals surface area contributed by atoms with Crippen molar-refractivity contribution in [3.63, 3.8) is 0 Å². The molecule has 11 nitrogen and oxygen atoms in total. The number of ether oxygens (including phenoxy) is 1. The molecule has 0 aliphatic rings. The molecule has 4 rings (SSSR count). The maximum absolute atomic E-state index is 14.6. The van der Waals surface area contributed by atoms with E-state index in [0.29, 0.717) is 11.3 Å². The lowest BCUT2D eigenvalue weighted by Crippen LogP contribution is -2.56. The first-order valence-electron chi connectivity index (χ1n) is 15.4. The van der Waals surface area contributed by atoms with Crippen molar-refractivity contribution in [1.29, 1.82) is 0 Å². The summed E-state index contributed by atoms with van der Waals surface area (Å²) in [7, 11) is -3.15. The van der Waals surface area contributed by atoms with Crippen LogP contribution in [0.4, 0.5) is 15.8 Å². The Morgan fingerprint density at radius 3 is 2.14 bits per heavy atom. The molecule has 1 atom stereocenters. The van der Waals surface area contributed by atoms with Gasteiger partial charge in [-0.1, -0.05) is 48.5 Å². The molecule has 0 saturated carbocycles. The van der Waals surface area contributed by atoms with E-state index in [1.807, 2.05) is 18.2 Å². The second kappa shape index (κ2) is 15.3. The van der Waals surface area contributed by atoms with Crippen molar-refractivity contribution < 1.29 is 32.1 Å². The minimum Gasteiger partial charge on any atom is -0.497 e. The number of carbonyl (C=O) groups is 2. The highest BCUT2D eigenvalue weighted by Crippen LogP contribution is 2.30. The summed E-state index contributed by atoms with van der Waals surface area (Å²) in [6.07, 6.45) is 0.0924. The van der Waals surface area contributed by atoms with Crippen LogP contribution in [0, 0.1) is 22.9 Å². The maximum Gasteiger partial charge on any atom is 0.273 e. The molecule has 0 radical (unpaired) electrons. The number of amides is 2. The van der Waals surface area contributed by atoms with Gasteiger partial charge in [-0.25, -0.2) is 12.8 Å². The van der Waals surface area contributed by atoms with Crippen LogP contribution in [0.2, 0.25) is 0 Å². The molecule has 0 aromatic heterocycles. The van der Waals surface area contributed by atoms with Crippen molar-refractivity contribution in [3.8, 4) is 5.75 Å². The summed E-state index contributed by atoms with van der Waals surface area (Å²) >= 11 is 0. The van der Waals surface area contributed by atoms with Gasteiger partial charge in [0.2, 0.25) is 11.8 Å². The van der Waals surface area contributed by atoms with E-state index in [4.69, 9.17) is 4.74 Å². The molecule has 0 spiro atoms. The predicted molar refractivity (Wildman–Crippen MR) is 184 cm³/mol. The van der Waals surface area contributed by atoms with Crippen molar-refractivity contribution >= 4 is 33.2 Å². The molecule has 258 valence electrons. The van der Waals surface area contributed by atoms with Gasteiger partial charge >= 0.3 is 0 Å². The Hall–Kier alpha value is -5.30. The van der Waals surface area contributed by atoms with Crippen molar-refractivity contribution in [2.45, 2.75) is 57.1 Å². The van der Waals surface area contributed by atoms with Gasteiger partial charge in [-0.05, 0) is 81.3 Å². The molecule has 0 unspecified atom stereocenters. The highest BCUT2D eigenvalue weighted by Gasteiger charge is 2.36. The summed E-state index contributed by atoms with van der Waals surface area (Å²) in [5, 5.41) is 14.7. The summed E-state index contributed by atoms with van der Waals surface area (Å²) in [5.41, 5.74) is 0.522. The van der Waals surface area contributed by atoms with Gasteiger partial charge in [0.15, 0.2) is 0 Å². The third-order valence-corrected chi connectivity index (χ3v) is 9.41. The predicted octanol–water partition coefficient (Wildman–Crippen LogP) is 5.80. The Labute approximate surface area is 285 Å². The van der Waals surface area contributed by atoms with Crippen LogP contribution in [0.5, 0.6) is 5.75 Å². The molecule has 0 heterocycles. The Kier molecular flexibility index (Phi) is 11.4. The largest absolute Gasteiger partial charge is 0.497 e. The fourth-order valence-corrected chi connectivity index (χ4v) is 6.58. The first-order chi connectivity index (χ1) is 23.1. The molecule has 2 amide bonds. The van der Waals surface area contributed by atoms with E-state index in [0.717, 1.165) is 15.9 Å². The number of halogens is 1. The lowest BCUT2D eigenvalue weighted by Gasteiger charge is -2.35. The third kappa shape index (κ3) is 9.41. The zero-order valence-corrected chi connectivity index (χ0v) is 28.7. The number of rotatable bonds is 13. The number of nitrogens with one attached hydrogen (secondary N) is 1. The van der Waals surface area contributed by atoms with Crippen molar-refractivity contribution in [1.82, 2.24) is 10.2 Å². The summed E-state index contributed by atoms with van der Waals surface area (Å²) in [4.78, 5) is 40.4. The fraction of sp³-hybridized carbons (Fsp3) is 0.278. The molecule has 1 N–H and O–H groups in total. The smallest absolute Gasteiger partial charge is 0.273 e. The van der Waals surface area contributed by atoms with Gasteiger partial charge in [0.05, 0.1) is 22.6 Å². The molecule has 4 aromatic rings. The standard InChI is InChI=1S/C36H39FN4O7S/c1-25-11-20-31(22-32(25)41(44)45)49(46,47)40(29-16-18-30(48-5)19-17-29)24-34(42)39(23-27-12-14-28(37)15-13-27)33(35(43)38-36(2,3)4)21-26-9-7-6-8-10-26/h6-20,22,33H,21,23-24H2,1-5H3,(H,38,43)/t33-/m1/s1. The molecule has 13 heteroatoms. The number of nitro benzene ring substituents is 1. The number of benzene rings is 4. The Morgan fingerprint density at radius 2 is 1.57 bits per heavy atom. The minimum absolute atomic E-state index is 0.0814. The second-order valence-electron chi connectivity index (χ2n) is 12.5. The molecule has 4 aromatic carbocycles. The summed E-state index contributed by atoms with van der Waals surface area (Å²) < 4.78 is 48.5. The van der Waals surface area contributed by atoms with Gasteiger partial charge < -0.3 is 15.0 Å². The van der Waals surface area contributed by atoms with E-state index in [1.165, 1.54) is 79.6 Å². The topological polar surface area (TPSA) is 139 Å². The quantitative estimate of drug-likeness (QED) is 0.138. The third-order valence-electron chi connectivity index (χ3n) is 7.64. The number of anilines is 1. The van der Waals surface area contributed by atoms with Crippen LogP contribution in [-0.4, -0.2) is 55.3 Å². The highest BCUT2D eigenvalue weighted by molar-refractivity contribution is 7.92. The second-order valence-corrected chi connectivity index (χ2v) is 14.4. The van der Waals surface area contributed by atoms with E-state index in [2.05, 4.69) is 5.32 Å².